The molecule has 3 heteroatoms. The van der Waals surface area contributed by atoms with E-state index in [0.717, 1.165) is 31.6 Å². The van der Waals surface area contributed by atoms with Gasteiger partial charge in [-0.3, -0.25) is 4.98 Å². The summed E-state index contributed by atoms with van der Waals surface area (Å²) in [5, 5.41) is 9.37. The van der Waals surface area contributed by atoms with Crippen LogP contribution in [0, 0.1) is 11.3 Å². The van der Waals surface area contributed by atoms with Gasteiger partial charge in [-0.25, -0.2) is 0 Å². The number of nitrogens with zero attached hydrogens (tertiary/aromatic N) is 3. The highest BCUT2D eigenvalue weighted by Gasteiger charge is 2.36. The molecule has 1 aliphatic heterocycles. The van der Waals surface area contributed by atoms with Crippen LogP contribution in [0.2, 0.25) is 0 Å². The van der Waals surface area contributed by atoms with Crippen LogP contribution in [0.3, 0.4) is 0 Å². The van der Waals surface area contributed by atoms with Crippen LogP contribution in [0.25, 0.3) is 0 Å². The van der Waals surface area contributed by atoms with Crippen molar-refractivity contribution < 1.29 is 0 Å². The predicted molar refractivity (Wildman–Crippen MR) is 69.6 cm³/mol. The number of hydrogen-bond donors (Lipinski definition) is 0. The van der Waals surface area contributed by atoms with Gasteiger partial charge in [0.1, 0.15) is 5.41 Å². The predicted octanol–water partition coefficient (Wildman–Crippen LogP) is 2.59. The molecule has 92 valence electrons. The molecule has 2 rings (SSSR count). The number of likely N-dealkylation sites (tertiary alicyclic amines) is 1. The van der Waals surface area contributed by atoms with E-state index in [-0.39, 0.29) is 5.41 Å². The Balaban J connectivity index is 0.000000686. The molecule has 1 saturated heterocycles. The van der Waals surface area contributed by atoms with Crippen LogP contribution < -0.4 is 0 Å². The zero-order valence-electron chi connectivity index (χ0n) is 11.0. The molecule has 0 aromatic carbocycles. The highest BCUT2D eigenvalue weighted by Crippen LogP contribution is 2.32. The molecule has 1 aromatic heterocycles. The lowest BCUT2D eigenvalue weighted by Gasteiger charge is -2.34. The van der Waals surface area contributed by atoms with Crippen molar-refractivity contribution in [3.63, 3.8) is 0 Å². The SMILES string of the molecule is CC.CN1CCC(C#N)(c2ccccn2)CC1. The summed E-state index contributed by atoms with van der Waals surface area (Å²) in [4.78, 5) is 6.59. The molecule has 0 N–H and O–H groups in total. The first-order valence-corrected chi connectivity index (χ1v) is 6.28. The van der Waals surface area contributed by atoms with Crippen LogP contribution in [0.4, 0.5) is 0 Å². The van der Waals surface area contributed by atoms with Crippen molar-refractivity contribution in [3.05, 3.63) is 30.1 Å². The first-order valence-electron chi connectivity index (χ1n) is 6.28. The van der Waals surface area contributed by atoms with Crippen LogP contribution in [0.1, 0.15) is 32.4 Å². The topological polar surface area (TPSA) is 39.9 Å². The Hall–Kier alpha value is -1.40. The standard InChI is InChI=1S/C12H15N3.C2H6/c1-15-8-5-12(10-13,6-9-15)11-4-2-3-7-14-11;1-2/h2-4,7H,5-6,8-9H2,1H3;1-2H3. The van der Waals surface area contributed by atoms with E-state index in [1.165, 1.54) is 0 Å². The van der Waals surface area contributed by atoms with E-state index in [0.29, 0.717) is 0 Å². The maximum atomic E-state index is 9.37. The van der Waals surface area contributed by atoms with Gasteiger partial charge >= 0.3 is 0 Å². The first kappa shape index (κ1) is 13.7. The van der Waals surface area contributed by atoms with Crippen LogP contribution in [-0.2, 0) is 5.41 Å². The van der Waals surface area contributed by atoms with Gasteiger partial charge in [0, 0.05) is 6.20 Å². The van der Waals surface area contributed by atoms with Crippen molar-refractivity contribution in [3.8, 4) is 6.07 Å². The van der Waals surface area contributed by atoms with Gasteiger partial charge in [0.2, 0.25) is 0 Å². The Morgan fingerprint density at radius 2 is 1.94 bits per heavy atom. The molecule has 0 atom stereocenters. The monoisotopic (exact) mass is 231 g/mol. The summed E-state index contributed by atoms with van der Waals surface area (Å²) >= 11 is 0. The normalized spacial score (nSPS) is 18.7. The van der Waals surface area contributed by atoms with Crippen LogP contribution >= 0.6 is 0 Å². The van der Waals surface area contributed by atoms with Crippen molar-refractivity contribution in [1.82, 2.24) is 9.88 Å². The lowest BCUT2D eigenvalue weighted by molar-refractivity contribution is 0.219. The second-order valence-electron chi connectivity index (χ2n) is 4.21. The number of nitriles is 1. The lowest BCUT2D eigenvalue weighted by Crippen LogP contribution is -2.40. The number of hydrogen-bond acceptors (Lipinski definition) is 3. The largest absolute Gasteiger partial charge is 0.306 e. The van der Waals surface area contributed by atoms with Gasteiger partial charge in [-0.15, -0.1) is 0 Å². The van der Waals surface area contributed by atoms with Gasteiger partial charge in [0.25, 0.3) is 0 Å². The van der Waals surface area contributed by atoms with E-state index in [1.54, 1.807) is 6.20 Å². The van der Waals surface area contributed by atoms with Crippen molar-refractivity contribution in [2.75, 3.05) is 20.1 Å². The zero-order chi connectivity index (χ0) is 12.7. The minimum absolute atomic E-state index is 0.353. The number of piperidine rings is 1. The van der Waals surface area contributed by atoms with Crippen molar-refractivity contribution in [2.45, 2.75) is 32.1 Å². The van der Waals surface area contributed by atoms with Crippen LogP contribution in [0.15, 0.2) is 24.4 Å². The van der Waals surface area contributed by atoms with Gasteiger partial charge in [-0.1, -0.05) is 19.9 Å². The zero-order valence-corrected chi connectivity index (χ0v) is 11.0. The van der Waals surface area contributed by atoms with E-state index < -0.39 is 0 Å². The molecule has 2 heterocycles. The molecule has 0 bridgehead atoms. The summed E-state index contributed by atoms with van der Waals surface area (Å²) in [6, 6.07) is 8.28. The molecule has 0 unspecified atom stereocenters. The third-order valence-electron chi connectivity index (χ3n) is 3.21. The van der Waals surface area contributed by atoms with Crippen molar-refractivity contribution in [1.29, 1.82) is 5.26 Å². The molecule has 17 heavy (non-hydrogen) atoms. The van der Waals surface area contributed by atoms with Crippen molar-refractivity contribution in [2.24, 2.45) is 0 Å². The Morgan fingerprint density at radius 3 is 2.41 bits per heavy atom. The van der Waals surface area contributed by atoms with Crippen LogP contribution in [0.5, 0.6) is 0 Å². The third-order valence-corrected chi connectivity index (χ3v) is 3.21. The lowest BCUT2D eigenvalue weighted by atomic mass is 9.77. The molecule has 0 amide bonds. The van der Waals surface area contributed by atoms with E-state index in [1.807, 2.05) is 32.0 Å². The summed E-state index contributed by atoms with van der Waals surface area (Å²) in [6.07, 6.45) is 3.54. The Morgan fingerprint density at radius 1 is 1.29 bits per heavy atom. The highest BCUT2D eigenvalue weighted by molar-refractivity contribution is 5.27. The molecular weight excluding hydrogens is 210 g/mol. The van der Waals surface area contributed by atoms with Gasteiger partial charge in [-0.05, 0) is 45.1 Å². The Labute approximate surface area is 104 Å². The molecular formula is C14H21N3. The van der Waals surface area contributed by atoms with E-state index in [2.05, 4.69) is 23.0 Å². The second-order valence-corrected chi connectivity index (χ2v) is 4.21. The fourth-order valence-electron chi connectivity index (χ4n) is 2.07. The number of aromatic nitrogens is 1. The Kier molecular flexibility index (Phi) is 5.11. The van der Waals surface area contributed by atoms with Gasteiger partial charge in [-0.2, -0.15) is 5.26 Å². The molecule has 1 aliphatic rings. The third kappa shape index (κ3) is 3.04. The summed E-state index contributed by atoms with van der Waals surface area (Å²) < 4.78 is 0. The first-order chi connectivity index (χ1) is 8.27. The van der Waals surface area contributed by atoms with Gasteiger partial charge in [0.15, 0.2) is 0 Å². The number of rotatable bonds is 1. The summed E-state index contributed by atoms with van der Waals surface area (Å²) in [6.45, 7) is 5.95. The molecule has 0 aliphatic carbocycles. The van der Waals surface area contributed by atoms with Gasteiger partial charge in [0.05, 0.1) is 11.8 Å². The maximum Gasteiger partial charge on any atom is 0.102 e. The quantitative estimate of drug-likeness (QED) is 0.746. The van der Waals surface area contributed by atoms with Gasteiger partial charge < -0.3 is 4.90 Å². The maximum absolute atomic E-state index is 9.37. The van der Waals surface area contributed by atoms with Crippen molar-refractivity contribution >= 4 is 0 Å². The smallest absolute Gasteiger partial charge is 0.102 e. The highest BCUT2D eigenvalue weighted by atomic mass is 15.1. The van der Waals surface area contributed by atoms with Crippen LogP contribution in [-0.4, -0.2) is 30.0 Å². The average Bonchev–Trinajstić information content (AvgIpc) is 2.43. The van der Waals surface area contributed by atoms with E-state index >= 15 is 0 Å². The minimum atomic E-state index is -0.353. The molecule has 3 nitrogen and oxygen atoms in total. The van der Waals surface area contributed by atoms with E-state index in [4.69, 9.17) is 0 Å². The molecule has 0 radical (unpaired) electrons. The molecule has 1 fully saturated rings. The summed E-state index contributed by atoms with van der Waals surface area (Å²) in [5.74, 6) is 0. The van der Waals surface area contributed by atoms with E-state index in [9.17, 15) is 5.26 Å². The summed E-state index contributed by atoms with van der Waals surface area (Å²) in [5.41, 5.74) is 0.578. The molecule has 0 spiro atoms. The fourth-order valence-corrected chi connectivity index (χ4v) is 2.07. The minimum Gasteiger partial charge on any atom is -0.306 e. The summed E-state index contributed by atoms with van der Waals surface area (Å²) in [7, 11) is 2.10. The second kappa shape index (κ2) is 6.36. The molecule has 1 aromatic rings. The molecule has 0 saturated carbocycles. The average molecular weight is 231 g/mol. The fraction of sp³-hybridized carbons (Fsp3) is 0.571. The Bertz CT molecular complexity index is 359. The number of pyridine rings is 1.